The van der Waals surface area contributed by atoms with Crippen LogP contribution in [0.3, 0.4) is 0 Å². The predicted molar refractivity (Wildman–Crippen MR) is 88.2 cm³/mol. The first-order valence-electron chi connectivity index (χ1n) is 6.19. The van der Waals surface area contributed by atoms with E-state index in [1.54, 1.807) is 12.1 Å². The van der Waals surface area contributed by atoms with E-state index in [9.17, 15) is 4.79 Å². The van der Waals surface area contributed by atoms with Crippen LogP contribution in [-0.2, 0) is 0 Å². The lowest BCUT2D eigenvalue weighted by molar-refractivity contribution is 0.0940. The number of carbonyl (C=O) groups excluding carboxylic acids is 1. The summed E-state index contributed by atoms with van der Waals surface area (Å²) >= 11 is 17.8. The highest BCUT2D eigenvalue weighted by molar-refractivity contribution is 6.39. The van der Waals surface area contributed by atoms with E-state index in [4.69, 9.17) is 40.5 Å². The van der Waals surface area contributed by atoms with E-state index >= 15 is 0 Å². The molecule has 1 amide bonds. The molecule has 3 nitrogen and oxygen atoms in total. The first kappa shape index (κ1) is 16.0. The van der Waals surface area contributed by atoms with E-state index in [-0.39, 0.29) is 27.7 Å². The molecule has 0 aromatic heterocycles. The first-order valence-corrected chi connectivity index (χ1v) is 7.32. The van der Waals surface area contributed by atoms with Crippen LogP contribution < -0.4 is 11.1 Å². The second-order valence-corrected chi connectivity index (χ2v) is 5.85. The zero-order chi connectivity index (χ0) is 15.6. The molecule has 0 aliphatic heterocycles. The maximum Gasteiger partial charge on any atom is 0.251 e. The third-order valence-electron chi connectivity index (χ3n) is 3.04. The first-order chi connectivity index (χ1) is 9.88. The van der Waals surface area contributed by atoms with Crippen LogP contribution in [0.25, 0.3) is 0 Å². The fraction of sp³-hybridized carbons (Fsp3) is 0.133. The number of halogens is 3. The summed E-state index contributed by atoms with van der Waals surface area (Å²) in [6, 6.07) is 10.1. The molecule has 0 bridgehead atoms. The Morgan fingerprint density at radius 2 is 1.76 bits per heavy atom. The number of hydrogen-bond acceptors (Lipinski definition) is 2. The Morgan fingerprint density at radius 1 is 1.14 bits per heavy atom. The van der Waals surface area contributed by atoms with E-state index in [2.05, 4.69) is 5.32 Å². The Hall–Kier alpha value is -1.42. The van der Waals surface area contributed by atoms with Gasteiger partial charge in [-0.2, -0.15) is 0 Å². The molecule has 0 saturated carbocycles. The van der Waals surface area contributed by atoms with Crippen LogP contribution in [0, 0.1) is 0 Å². The van der Waals surface area contributed by atoms with Gasteiger partial charge in [-0.05, 0) is 36.8 Å². The number of rotatable bonds is 3. The van der Waals surface area contributed by atoms with Crippen LogP contribution >= 0.6 is 34.8 Å². The molecule has 1 atom stereocenters. The molecule has 110 valence electrons. The lowest BCUT2D eigenvalue weighted by Gasteiger charge is -2.15. The minimum absolute atomic E-state index is 0.202. The zero-order valence-corrected chi connectivity index (χ0v) is 13.4. The van der Waals surface area contributed by atoms with E-state index in [1.165, 1.54) is 12.1 Å². The van der Waals surface area contributed by atoms with Gasteiger partial charge in [0.15, 0.2) is 0 Å². The van der Waals surface area contributed by atoms with Crippen molar-refractivity contribution in [2.75, 3.05) is 5.73 Å². The van der Waals surface area contributed by atoms with Crippen molar-refractivity contribution in [1.82, 2.24) is 5.32 Å². The fourth-order valence-corrected chi connectivity index (χ4v) is 2.54. The van der Waals surface area contributed by atoms with Crippen molar-refractivity contribution in [3.63, 3.8) is 0 Å². The van der Waals surface area contributed by atoms with Crippen LogP contribution in [0.5, 0.6) is 0 Å². The average Bonchev–Trinajstić information content (AvgIpc) is 2.44. The number of hydrogen-bond donors (Lipinski definition) is 2. The smallest absolute Gasteiger partial charge is 0.251 e. The van der Waals surface area contributed by atoms with E-state index in [0.29, 0.717) is 10.6 Å². The van der Waals surface area contributed by atoms with Crippen molar-refractivity contribution in [2.24, 2.45) is 0 Å². The second-order valence-electron chi connectivity index (χ2n) is 4.60. The quantitative estimate of drug-likeness (QED) is 0.792. The van der Waals surface area contributed by atoms with Gasteiger partial charge >= 0.3 is 0 Å². The molecule has 3 N–H and O–H groups in total. The van der Waals surface area contributed by atoms with Crippen molar-refractivity contribution in [3.8, 4) is 0 Å². The van der Waals surface area contributed by atoms with Gasteiger partial charge in [0.05, 0.1) is 21.8 Å². The number of benzene rings is 2. The van der Waals surface area contributed by atoms with Crippen LogP contribution in [0.1, 0.15) is 28.9 Å². The van der Waals surface area contributed by atoms with Crippen LogP contribution in [0.4, 0.5) is 5.69 Å². The van der Waals surface area contributed by atoms with Crippen molar-refractivity contribution in [1.29, 1.82) is 0 Å². The van der Waals surface area contributed by atoms with Crippen molar-refractivity contribution in [3.05, 3.63) is 62.6 Å². The predicted octanol–water partition coefficient (Wildman–Crippen LogP) is 4.72. The van der Waals surface area contributed by atoms with Gasteiger partial charge in [-0.3, -0.25) is 4.79 Å². The van der Waals surface area contributed by atoms with Gasteiger partial charge in [-0.25, -0.2) is 0 Å². The summed E-state index contributed by atoms with van der Waals surface area (Å²) in [5, 5.41) is 3.98. The summed E-state index contributed by atoms with van der Waals surface area (Å²) in [6.07, 6.45) is 0. The van der Waals surface area contributed by atoms with Crippen molar-refractivity contribution in [2.45, 2.75) is 13.0 Å². The highest BCUT2D eigenvalue weighted by Crippen LogP contribution is 2.29. The Kier molecular flexibility index (Phi) is 4.99. The number of nitrogen functional groups attached to an aromatic ring is 1. The van der Waals surface area contributed by atoms with Crippen molar-refractivity contribution >= 4 is 46.4 Å². The molecular formula is C15H13Cl3N2O. The lowest BCUT2D eigenvalue weighted by Crippen LogP contribution is -2.26. The summed E-state index contributed by atoms with van der Waals surface area (Å²) < 4.78 is 0. The number of nitrogens with two attached hydrogens (primary N) is 1. The van der Waals surface area contributed by atoms with Crippen LogP contribution in [0.15, 0.2) is 36.4 Å². The summed E-state index contributed by atoms with van der Waals surface area (Å²) in [7, 11) is 0. The Morgan fingerprint density at radius 3 is 2.33 bits per heavy atom. The third kappa shape index (κ3) is 3.82. The summed E-state index contributed by atoms with van der Waals surface area (Å²) in [5.41, 5.74) is 7.17. The molecule has 2 aromatic carbocycles. The number of anilines is 1. The average molecular weight is 344 g/mol. The SMILES string of the molecule is C[C@H](NC(=O)c1cc(Cl)c(N)c(Cl)c1)c1cccc(Cl)c1. The highest BCUT2D eigenvalue weighted by atomic mass is 35.5. The van der Waals surface area contributed by atoms with Gasteiger partial charge in [0, 0.05) is 10.6 Å². The topological polar surface area (TPSA) is 55.1 Å². The Balaban J connectivity index is 2.18. The molecular weight excluding hydrogens is 331 g/mol. The summed E-state index contributed by atoms with van der Waals surface area (Å²) in [6.45, 7) is 1.87. The molecule has 0 radical (unpaired) electrons. The summed E-state index contributed by atoms with van der Waals surface area (Å²) in [4.78, 5) is 12.2. The standard InChI is InChI=1S/C15H13Cl3N2O/c1-8(9-3-2-4-11(16)5-9)20-15(21)10-6-12(17)14(19)13(18)7-10/h2-8H,19H2,1H3,(H,20,21)/t8-/m0/s1. The molecule has 0 heterocycles. The minimum Gasteiger partial charge on any atom is -0.396 e. The molecule has 6 heteroatoms. The van der Waals surface area contributed by atoms with Gasteiger partial charge in [0.1, 0.15) is 0 Å². The Bertz CT molecular complexity index is 665. The van der Waals surface area contributed by atoms with Crippen molar-refractivity contribution < 1.29 is 4.79 Å². The minimum atomic E-state index is -0.286. The molecule has 2 aromatic rings. The van der Waals surface area contributed by atoms with Crippen LogP contribution in [0.2, 0.25) is 15.1 Å². The third-order valence-corrected chi connectivity index (χ3v) is 3.90. The molecule has 0 saturated heterocycles. The number of amides is 1. The largest absolute Gasteiger partial charge is 0.396 e. The maximum absolute atomic E-state index is 12.2. The monoisotopic (exact) mass is 342 g/mol. The lowest BCUT2D eigenvalue weighted by atomic mass is 10.1. The maximum atomic E-state index is 12.2. The highest BCUT2D eigenvalue weighted by Gasteiger charge is 2.14. The molecule has 0 fully saturated rings. The van der Waals surface area contributed by atoms with Crippen LogP contribution in [-0.4, -0.2) is 5.91 Å². The Labute approximate surface area is 138 Å². The van der Waals surface area contributed by atoms with Gasteiger partial charge in [-0.1, -0.05) is 46.9 Å². The second kappa shape index (κ2) is 6.56. The van der Waals surface area contributed by atoms with E-state index in [1.807, 2.05) is 19.1 Å². The van der Waals surface area contributed by atoms with Gasteiger partial charge in [0.25, 0.3) is 5.91 Å². The normalized spacial score (nSPS) is 12.0. The van der Waals surface area contributed by atoms with E-state index < -0.39 is 0 Å². The fourth-order valence-electron chi connectivity index (χ4n) is 1.85. The van der Waals surface area contributed by atoms with E-state index in [0.717, 1.165) is 5.56 Å². The molecule has 0 aliphatic rings. The number of carbonyl (C=O) groups is 1. The molecule has 0 spiro atoms. The molecule has 0 aliphatic carbocycles. The summed E-state index contributed by atoms with van der Waals surface area (Å²) in [5.74, 6) is -0.286. The molecule has 21 heavy (non-hydrogen) atoms. The van der Waals surface area contributed by atoms with Gasteiger partial charge < -0.3 is 11.1 Å². The van der Waals surface area contributed by atoms with Gasteiger partial charge in [0.2, 0.25) is 0 Å². The number of nitrogens with one attached hydrogen (secondary N) is 1. The zero-order valence-electron chi connectivity index (χ0n) is 11.2. The molecule has 2 rings (SSSR count). The molecule has 0 unspecified atom stereocenters. The van der Waals surface area contributed by atoms with Gasteiger partial charge in [-0.15, -0.1) is 0 Å².